The lowest BCUT2D eigenvalue weighted by molar-refractivity contribution is 0.103. The molecule has 0 saturated carbocycles. The van der Waals surface area contributed by atoms with Gasteiger partial charge in [0.25, 0.3) is 0 Å². The first-order valence-electron chi connectivity index (χ1n) is 7.43. The molecule has 1 N–H and O–H groups in total. The van der Waals surface area contributed by atoms with Gasteiger partial charge in [0, 0.05) is 5.56 Å². The summed E-state index contributed by atoms with van der Waals surface area (Å²) in [5.74, 6) is 0.771. The van der Waals surface area contributed by atoms with Crippen LogP contribution in [0.2, 0.25) is 0 Å². The van der Waals surface area contributed by atoms with Gasteiger partial charge in [-0.2, -0.15) is 0 Å². The van der Waals surface area contributed by atoms with Gasteiger partial charge in [0.15, 0.2) is 5.78 Å². The number of carbonyl (C=O) groups is 1. The maximum absolute atomic E-state index is 12.6. The van der Waals surface area contributed by atoms with Crippen molar-refractivity contribution < 1.29 is 9.53 Å². The van der Waals surface area contributed by atoms with Gasteiger partial charge in [0.2, 0.25) is 0 Å². The second-order valence-electron chi connectivity index (χ2n) is 5.11. The molecule has 1 aliphatic rings. The van der Waals surface area contributed by atoms with Crippen LogP contribution >= 0.6 is 0 Å². The Morgan fingerprint density at radius 2 is 1.76 bits per heavy atom. The summed E-state index contributed by atoms with van der Waals surface area (Å²) in [6.45, 7) is 4.60. The van der Waals surface area contributed by atoms with Gasteiger partial charge in [0.1, 0.15) is 5.75 Å². The number of fused-ring (bicyclic) bond motifs is 3. The highest BCUT2D eigenvalue weighted by Gasteiger charge is 2.29. The molecular formula is C18H19NO2. The lowest BCUT2D eigenvalue weighted by Crippen LogP contribution is -2.16. The Labute approximate surface area is 124 Å². The third-order valence-electron chi connectivity index (χ3n) is 3.72. The van der Waals surface area contributed by atoms with Gasteiger partial charge in [-0.05, 0) is 36.7 Å². The van der Waals surface area contributed by atoms with Crippen molar-refractivity contribution in [2.75, 3.05) is 19.7 Å². The van der Waals surface area contributed by atoms with Crippen LogP contribution in [0.4, 0.5) is 0 Å². The molecule has 0 fully saturated rings. The van der Waals surface area contributed by atoms with E-state index in [4.69, 9.17) is 4.74 Å². The van der Waals surface area contributed by atoms with Gasteiger partial charge in [-0.1, -0.05) is 43.3 Å². The third-order valence-corrected chi connectivity index (χ3v) is 3.72. The molecule has 1 aliphatic carbocycles. The molecule has 0 radical (unpaired) electrons. The summed E-state index contributed by atoms with van der Waals surface area (Å²) < 4.78 is 5.84. The molecule has 3 rings (SSSR count). The largest absolute Gasteiger partial charge is 0.493 e. The maximum atomic E-state index is 12.6. The topological polar surface area (TPSA) is 38.3 Å². The highest BCUT2D eigenvalue weighted by atomic mass is 16.5. The number of nitrogens with one attached hydrogen (secondary N) is 1. The molecule has 0 unspecified atom stereocenters. The maximum Gasteiger partial charge on any atom is 0.198 e. The normalized spacial score (nSPS) is 12.1. The molecule has 3 heteroatoms. The zero-order valence-corrected chi connectivity index (χ0v) is 12.2. The van der Waals surface area contributed by atoms with E-state index >= 15 is 0 Å². The van der Waals surface area contributed by atoms with E-state index in [0.29, 0.717) is 17.9 Å². The van der Waals surface area contributed by atoms with Crippen molar-refractivity contribution in [3.05, 3.63) is 53.6 Å². The van der Waals surface area contributed by atoms with Crippen LogP contribution in [0.25, 0.3) is 11.1 Å². The van der Waals surface area contributed by atoms with Gasteiger partial charge in [-0.3, -0.25) is 4.79 Å². The van der Waals surface area contributed by atoms with Gasteiger partial charge < -0.3 is 10.1 Å². The van der Waals surface area contributed by atoms with Crippen LogP contribution in [0.1, 0.15) is 29.3 Å². The Balaban J connectivity index is 1.82. The lowest BCUT2D eigenvalue weighted by atomic mass is 10.1. The molecule has 2 aromatic rings. The highest BCUT2D eigenvalue weighted by Crippen LogP contribution is 2.40. The first-order valence-corrected chi connectivity index (χ1v) is 7.43. The number of benzene rings is 2. The van der Waals surface area contributed by atoms with Crippen molar-refractivity contribution in [2.45, 2.75) is 13.3 Å². The molecule has 21 heavy (non-hydrogen) atoms. The van der Waals surface area contributed by atoms with Crippen LogP contribution in [0.15, 0.2) is 42.5 Å². The van der Waals surface area contributed by atoms with Gasteiger partial charge in [-0.25, -0.2) is 0 Å². The predicted octanol–water partition coefficient (Wildman–Crippen LogP) is 3.28. The molecule has 0 aliphatic heterocycles. The van der Waals surface area contributed by atoms with Crippen molar-refractivity contribution in [1.82, 2.24) is 5.32 Å². The summed E-state index contributed by atoms with van der Waals surface area (Å²) in [6.07, 6.45) is 0.929. The fourth-order valence-electron chi connectivity index (χ4n) is 2.72. The van der Waals surface area contributed by atoms with Crippen LogP contribution in [0.5, 0.6) is 5.75 Å². The Morgan fingerprint density at radius 3 is 2.57 bits per heavy atom. The molecule has 0 amide bonds. The van der Waals surface area contributed by atoms with E-state index in [1.54, 1.807) is 0 Å². The van der Waals surface area contributed by atoms with Gasteiger partial charge in [-0.15, -0.1) is 0 Å². The van der Waals surface area contributed by atoms with E-state index in [0.717, 1.165) is 36.2 Å². The zero-order valence-electron chi connectivity index (χ0n) is 12.2. The van der Waals surface area contributed by atoms with Crippen molar-refractivity contribution in [1.29, 1.82) is 0 Å². The first kappa shape index (κ1) is 13.8. The van der Waals surface area contributed by atoms with E-state index in [1.807, 2.05) is 42.5 Å². The molecular weight excluding hydrogens is 262 g/mol. The molecule has 2 aromatic carbocycles. The number of hydrogen-bond acceptors (Lipinski definition) is 3. The third kappa shape index (κ3) is 2.57. The van der Waals surface area contributed by atoms with Crippen molar-refractivity contribution in [2.24, 2.45) is 0 Å². The molecule has 108 valence electrons. The van der Waals surface area contributed by atoms with Crippen LogP contribution < -0.4 is 10.1 Å². The average molecular weight is 281 g/mol. The summed E-state index contributed by atoms with van der Waals surface area (Å²) in [5, 5.41) is 3.26. The summed E-state index contributed by atoms with van der Waals surface area (Å²) in [5.41, 5.74) is 3.48. The highest BCUT2D eigenvalue weighted by molar-refractivity contribution is 6.23. The van der Waals surface area contributed by atoms with E-state index < -0.39 is 0 Å². The Bertz CT molecular complexity index is 664. The fraction of sp³-hybridized carbons (Fsp3) is 0.278. The number of carbonyl (C=O) groups excluding carboxylic acids is 1. The van der Waals surface area contributed by atoms with Crippen molar-refractivity contribution in [3.63, 3.8) is 0 Å². The predicted molar refractivity (Wildman–Crippen MR) is 84.0 cm³/mol. The van der Waals surface area contributed by atoms with Crippen molar-refractivity contribution in [3.8, 4) is 16.9 Å². The standard InChI is InChI=1S/C18H19NO2/c1-2-19-11-6-12-21-16-10-5-9-14-13-7-3-4-8-15(13)18(20)17(14)16/h3-5,7-10,19H,2,6,11-12H2,1H3. The Morgan fingerprint density at radius 1 is 1.00 bits per heavy atom. The quantitative estimate of drug-likeness (QED) is 0.705. The fourth-order valence-corrected chi connectivity index (χ4v) is 2.72. The molecule has 0 bridgehead atoms. The lowest BCUT2D eigenvalue weighted by Gasteiger charge is -2.10. The molecule has 0 saturated heterocycles. The van der Waals surface area contributed by atoms with Gasteiger partial charge >= 0.3 is 0 Å². The summed E-state index contributed by atoms with van der Waals surface area (Å²) >= 11 is 0. The SMILES string of the molecule is CCNCCCOc1cccc2c1C(=O)c1ccccc1-2. The average Bonchev–Trinajstić information content (AvgIpc) is 2.82. The second-order valence-corrected chi connectivity index (χ2v) is 5.11. The van der Waals surface area contributed by atoms with Crippen molar-refractivity contribution >= 4 is 5.78 Å². The Kier molecular flexibility index (Phi) is 4.02. The zero-order chi connectivity index (χ0) is 14.7. The minimum Gasteiger partial charge on any atom is -0.493 e. The summed E-state index contributed by atoms with van der Waals surface area (Å²) in [6, 6.07) is 13.6. The molecule has 0 spiro atoms. The van der Waals surface area contributed by atoms with Crippen LogP contribution in [0, 0.1) is 0 Å². The van der Waals surface area contributed by atoms with E-state index in [2.05, 4.69) is 12.2 Å². The van der Waals surface area contributed by atoms with Crippen LogP contribution in [0.3, 0.4) is 0 Å². The van der Waals surface area contributed by atoms with E-state index in [9.17, 15) is 4.79 Å². The van der Waals surface area contributed by atoms with E-state index in [1.165, 1.54) is 0 Å². The van der Waals surface area contributed by atoms with E-state index in [-0.39, 0.29) is 5.78 Å². The minimum absolute atomic E-state index is 0.0721. The molecule has 0 atom stereocenters. The molecule has 3 nitrogen and oxygen atoms in total. The van der Waals surface area contributed by atoms with Crippen LogP contribution in [-0.4, -0.2) is 25.5 Å². The second kappa shape index (κ2) is 6.10. The number of ketones is 1. The first-order chi connectivity index (χ1) is 10.3. The molecule has 0 aromatic heterocycles. The number of hydrogen-bond donors (Lipinski definition) is 1. The summed E-state index contributed by atoms with van der Waals surface area (Å²) in [4.78, 5) is 12.6. The minimum atomic E-state index is 0.0721. The number of ether oxygens (including phenoxy) is 1. The van der Waals surface area contributed by atoms with Gasteiger partial charge in [0.05, 0.1) is 12.2 Å². The van der Waals surface area contributed by atoms with Crippen LogP contribution in [-0.2, 0) is 0 Å². The number of rotatable bonds is 6. The smallest absolute Gasteiger partial charge is 0.198 e. The molecule has 0 heterocycles. The monoisotopic (exact) mass is 281 g/mol. The Hall–Kier alpha value is -2.13. The summed E-state index contributed by atoms with van der Waals surface area (Å²) in [7, 11) is 0.